The first kappa shape index (κ1) is 101. The number of phosphoric acid groups is 2. The van der Waals surface area contributed by atoms with Gasteiger partial charge in [0.1, 0.15) is 19.3 Å². The Hall–Kier alpha value is -1.94. The lowest BCUT2D eigenvalue weighted by molar-refractivity contribution is -0.161. The van der Waals surface area contributed by atoms with Gasteiger partial charge >= 0.3 is 39.5 Å². The first-order valence-corrected chi connectivity index (χ1v) is 46.5. The third-order valence-electron chi connectivity index (χ3n) is 19.7. The zero-order valence-corrected chi connectivity index (χ0v) is 69.4. The second-order valence-electron chi connectivity index (χ2n) is 31.2. The van der Waals surface area contributed by atoms with Gasteiger partial charge in [0.2, 0.25) is 0 Å². The molecular weight excluding hydrogens is 1340 g/mol. The van der Waals surface area contributed by atoms with Crippen LogP contribution in [0.1, 0.15) is 446 Å². The molecule has 0 saturated heterocycles. The molecule has 2 unspecified atom stereocenters. The summed E-state index contributed by atoms with van der Waals surface area (Å²) in [6.45, 7) is 9.68. The molecule has 612 valence electrons. The molecule has 19 heteroatoms. The fourth-order valence-corrected chi connectivity index (χ4v) is 14.6. The van der Waals surface area contributed by atoms with Crippen LogP contribution in [0.5, 0.6) is 0 Å². The van der Waals surface area contributed by atoms with Crippen LogP contribution in [0.4, 0.5) is 0 Å². The number of hydrogen-bond donors (Lipinski definition) is 3. The Morgan fingerprint density at radius 1 is 0.262 bits per heavy atom. The van der Waals surface area contributed by atoms with E-state index in [2.05, 4.69) is 41.5 Å². The van der Waals surface area contributed by atoms with Crippen molar-refractivity contribution < 1.29 is 80.2 Å². The van der Waals surface area contributed by atoms with Gasteiger partial charge in [-0.05, 0) is 37.5 Å². The van der Waals surface area contributed by atoms with Crippen molar-refractivity contribution in [3.63, 3.8) is 0 Å². The second-order valence-corrected chi connectivity index (χ2v) is 34.1. The minimum Gasteiger partial charge on any atom is -0.462 e. The summed E-state index contributed by atoms with van der Waals surface area (Å²) in [5, 5.41) is 10.7. The van der Waals surface area contributed by atoms with E-state index in [1.807, 2.05) is 0 Å². The van der Waals surface area contributed by atoms with Crippen LogP contribution in [0.3, 0.4) is 0 Å². The Bertz CT molecular complexity index is 1980. The predicted molar refractivity (Wildman–Crippen MR) is 423 cm³/mol. The van der Waals surface area contributed by atoms with Crippen molar-refractivity contribution in [3.05, 3.63) is 0 Å². The van der Waals surface area contributed by atoms with Crippen molar-refractivity contribution in [2.45, 2.75) is 464 Å². The summed E-state index contributed by atoms with van der Waals surface area (Å²) in [5.74, 6) is -0.527. The molecule has 0 aromatic rings. The zero-order valence-electron chi connectivity index (χ0n) is 67.6. The summed E-state index contributed by atoms with van der Waals surface area (Å²) >= 11 is 0. The van der Waals surface area contributed by atoms with E-state index in [0.717, 1.165) is 102 Å². The highest BCUT2D eigenvalue weighted by atomic mass is 31.2. The quantitative estimate of drug-likeness (QED) is 0.0222. The Morgan fingerprint density at radius 2 is 0.447 bits per heavy atom. The molecule has 0 aliphatic carbocycles. The molecule has 3 N–H and O–H groups in total. The lowest BCUT2D eigenvalue weighted by Gasteiger charge is -2.21. The van der Waals surface area contributed by atoms with Crippen molar-refractivity contribution >= 4 is 39.5 Å². The van der Waals surface area contributed by atoms with Gasteiger partial charge in [-0.25, -0.2) is 9.13 Å². The summed E-state index contributed by atoms with van der Waals surface area (Å²) in [6, 6.07) is 0. The number of ether oxygens (including phenoxy) is 4. The number of carbonyl (C=O) groups excluding carboxylic acids is 4. The molecule has 0 amide bonds. The highest BCUT2D eigenvalue weighted by molar-refractivity contribution is 7.47. The number of unbranched alkanes of at least 4 members (excludes halogenated alkanes) is 53. The summed E-state index contributed by atoms with van der Waals surface area (Å²) < 4.78 is 68.8. The van der Waals surface area contributed by atoms with Crippen molar-refractivity contribution in [3.8, 4) is 0 Å². The SMILES string of the molecule is CCCCCCCCCCCCCCCCCCCCCCC(=O)O[C@H](COC(=O)CCCCCCCCCCCCCCCCCCC(C)C)COP(=O)(O)OC[C@@H](O)COP(=O)(O)OC[C@@H](COC(=O)CCCCCCCCCCCC)OC(=O)CCCCCCCCCCCCCC(C)C. The molecule has 0 heterocycles. The zero-order chi connectivity index (χ0) is 75.6. The van der Waals surface area contributed by atoms with Crippen LogP contribution in [0.15, 0.2) is 0 Å². The van der Waals surface area contributed by atoms with Gasteiger partial charge in [0.15, 0.2) is 12.2 Å². The summed E-state index contributed by atoms with van der Waals surface area (Å²) in [7, 11) is -9.92. The lowest BCUT2D eigenvalue weighted by atomic mass is 10.0. The number of aliphatic hydroxyl groups is 1. The van der Waals surface area contributed by atoms with Crippen molar-refractivity contribution in [2.24, 2.45) is 11.8 Å². The van der Waals surface area contributed by atoms with E-state index in [1.165, 1.54) is 263 Å². The van der Waals surface area contributed by atoms with Crippen LogP contribution in [0, 0.1) is 11.8 Å². The van der Waals surface area contributed by atoms with E-state index in [9.17, 15) is 43.2 Å². The van der Waals surface area contributed by atoms with Crippen LogP contribution < -0.4 is 0 Å². The van der Waals surface area contributed by atoms with Crippen molar-refractivity contribution in [1.29, 1.82) is 0 Å². The normalized spacial score (nSPS) is 13.9. The molecule has 0 aromatic carbocycles. The van der Waals surface area contributed by atoms with E-state index in [-0.39, 0.29) is 25.7 Å². The van der Waals surface area contributed by atoms with Gasteiger partial charge in [-0.1, -0.05) is 395 Å². The number of carbonyl (C=O) groups is 4. The third kappa shape index (κ3) is 78.0. The molecule has 0 spiro atoms. The maximum atomic E-state index is 13.1. The van der Waals surface area contributed by atoms with Gasteiger partial charge in [0, 0.05) is 25.7 Å². The van der Waals surface area contributed by atoms with E-state index in [4.69, 9.17) is 37.0 Å². The van der Waals surface area contributed by atoms with Gasteiger partial charge in [-0.2, -0.15) is 0 Å². The Kier molecular flexibility index (Phi) is 74.1. The lowest BCUT2D eigenvalue weighted by Crippen LogP contribution is -2.30. The molecule has 17 nitrogen and oxygen atoms in total. The van der Waals surface area contributed by atoms with Gasteiger partial charge in [0.05, 0.1) is 26.4 Å². The van der Waals surface area contributed by atoms with E-state index < -0.39 is 97.5 Å². The smallest absolute Gasteiger partial charge is 0.462 e. The third-order valence-corrected chi connectivity index (χ3v) is 21.6. The largest absolute Gasteiger partial charge is 0.472 e. The number of esters is 4. The fraction of sp³-hybridized carbons (Fsp3) is 0.952. The first-order valence-electron chi connectivity index (χ1n) is 43.5. The van der Waals surface area contributed by atoms with Crippen LogP contribution in [0.2, 0.25) is 0 Å². The highest BCUT2D eigenvalue weighted by Crippen LogP contribution is 2.45. The highest BCUT2D eigenvalue weighted by Gasteiger charge is 2.30. The van der Waals surface area contributed by atoms with E-state index >= 15 is 0 Å². The van der Waals surface area contributed by atoms with E-state index in [1.54, 1.807) is 0 Å². The Morgan fingerprint density at radius 3 is 0.660 bits per heavy atom. The fourth-order valence-electron chi connectivity index (χ4n) is 13.1. The molecule has 0 aliphatic heterocycles. The van der Waals surface area contributed by atoms with E-state index in [0.29, 0.717) is 25.7 Å². The second kappa shape index (κ2) is 75.5. The number of aliphatic hydroxyl groups excluding tert-OH is 1. The first-order chi connectivity index (χ1) is 49.9. The van der Waals surface area contributed by atoms with Gasteiger partial charge in [0.25, 0.3) is 0 Å². The molecule has 0 radical (unpaired) electrons. The van der Waals surface area contributed by atoms with Crippen molar-refractivity contribution in [1.82, 2.24) is 0 Å². The monoisotopic (exact) mass is 1510 g/mol. The molecule has 0 aliphatic rings. The molecule has 5 atom stereocenters. The molecule has 0 bridgehead atoms. The van der Waals surface area contributed by atoms with Gasteiger partial charge < -0.3 is 33.8 Å². The Balaban J connectivity index is 5.22. The molecule has 0 fully saturated rings. The van der Waals surface area contributed by atoms with Crippen LogP contribution in [0.25, 0.3) is 0 Å². The van der Waals surface area contributed by atoms with Crippen LogP contribution in [-0.2, 0) is 65.4 Å². The average Bonchev–Trinajstić information content (AvgIpc) is 0.942. The summed E-state index contributed by atoms with van der Waals surface area (Å²) in [5.41, 5.74) is 0. The number of rotatable bonds is 83. The Labute approximate surface area is 632 Å². The predicted octanol–water partition coefficient (Wildman–Crippen LogP) is 25.5. The van der Waals surface area contributed by atoms with Gasteiger partial charge in [-0.15, -0.1) is 0 Å². The topological polar surface area (TPSA) is 237 Å². The number of phosphoric ester groups is 2. The molecule has 0 rings (SSSR count). The average molecular weight is 1510 g/mol. The molecule has 0 saturated carbocycles. The van der Waals surface area contributed by atoms with Crippen LogP contribution in [-0.4, -0.2) is 96.7 Å². The minimum absolute atomic E-state index is 0.107. The van der Waals surface area contributed by atoms with Gasteiger partial charge in [-0.3, -0.25) is 37.3 Å². The summed E-state index contributed by atoms with van der Waals surface area (Å²) in [6.07, 6.45) is 66.6. The maximum Gasteiger partial charge on any atom is 0.472 e. The summed E-state index contributed by atoms with van der Waals surface area (Å²) in [4.78, 5) is 73.1. The maximum absolute atomic E-state index is 13.1. The minimum atomic E-state index is -4.96. The number of hydrogen-bond acceptors (Lipinski definition) is 15. The standard InChI is InChI=1S/C84H164O17P2/c1-7-9-11-13-15-17-19-20-21-22-23-24-25-30-33-38-44-50-56-62-68-83(88)100-80(73-95-82(87)67-61-55-49-43-37-32-29-27-26-28-31-35-40-46-52-58-64-76(3)4)75-99-103(92,93)97-71-78(85)70-96-102(90,91)98-74-79(72-94-81(86)66-60-54-48-42-18-16-14-12-10-8-2)101-84(89)69-63-57-51-45-39-34-36-41-47-53-59-65-77(5)6/h76-80,85H,7-75H2,1-6H3,(H,90,91)(H,92,93)/t78-,79+,80+/m0/s1. The molecule has 103 heavy (non-hydrogen) atoms. The van der Waals surface area contributed by atoms with Crippen LogP contribution >= 0.6 is 15.6 Å². The molecular formula is C84H164O17P2. The molecule has 0 aromatic heterocycles. The van der Waals surface area contributed by atoms with Crippen molar-refractivity contribution in [2.75, 3.05) is 39.6 Å².